The summed E-state index contributed by atoms with van der Waals surface area (Å²) in [6.07, 6.45) is 1.85. The molecule has 0 unspecified atom stereocenters. The Bertz CT molecular complexity index is 1040. The standard InChI is InChI=1S/C27H36O9/c1-10-22(29)19-15(23(10)34-12(3)28)8-14(24(30)31)13-9-16-20(18(13)19)21-25(32)35-17-6-7-26(16,4)36-27(21,33-5)11(17)2/h8,10-11,13,15-23,29H,6-7,9H2,1-5H3,(H,30,31)/t10-,11-,13-,15+,16-,17-,18-,19-,20+,21+,22+,23-,26+,27+/m1/s1. The van der Waals surface area contributed by atoms with Crippen LogP contribution in [0.25, 0.3) is 0 Å². The van der Waals surface area contributed by atoms with Crippen LogP contribution in [0, 0.1) is 53.3 Å². The molecule has 9 nitrogen and oxygen atoms in total. The number of hydrogen-bond donors (Lipinski definition) is 2. The smallest absolute Gasteiger partial charge is 0.331 e. The van der Waals surface area contributed by atoms with E-state index in [0.717, 1.165) is 0 Å². The second kappa shape index (κ2) is 7.77. The summed E-state index contributed by atoms with van der Waals surface area (Å²) in [7, 11) is 1.58. The molecule has 0 aromatic carbocycles. The molecule has 3 saturated heterocycles. The molecule has 14 atom stereocenters. The second-order valence-electron chi connectivity index (χ2n) is 12.2. The van der Waals surface area contributed by atoms with Gasteiger partial charge >= 0.3 is 17.9 Å². The molecule has 3 bridgehead atoms. The quantitative estimate of drug-likeness (QED) is 0.556. The van der Waals surface area contributed by atoms with Gasteiger partial charge in [-0.1, -0.05) is 19.9 Å². The van der Waals surface area contributed by atoms with E-state index in [1.807, 2.05) is 13.8 Å². The number of carboxylic acid groups (broad SMARTS) is 1. The van der Waals surface area contributed by atoms with Crippen LogP contribution >= 0.6 is 0 Å². The number of methoxy groups -OCH3 is 1. The highest BCUT2D eigenvalue weighted by molar-refractivity contribution is 5.88. The maximum absolute atomic E-state index is 13.7. The molecule has 198 valence electrons. The van der Waals surface area contributed by atoms with Crippen molar-refractivity contribution in [2.24, 2.45) is 53.3 Å². The minimum Gasteiger partial charge on any atom is -0.478 e. The maximum atomic E-state index is 13.7. The van der Waals surface area contributed by atoms with E-state index in [1.54, 1.807) is 13.2 Å². The molecule has 36 heavy (non-hydrogen) atoms. The van der Waals surface area contributed by atoms with Crippen LogP contribution < -0.4 is 0 Å². The Morgan fingerprint density at radius 1 is 1.19 bits per heavy atom. The minimum absolute atomic E-state index is 0.103. The van der Waals surface area contributed by atoms with Gasteiger partial charge in [0.05, 0.1) is 11.7 Å². The first-order valence-corrected chi connectivity index (χ1v) is 13.2. The molecule has 5 fully saturated rings. The van der Waals surface area contributed by atoms with Crippen LogP contribution in [0.15, 0.2) is 11.6 Å². The van der Waals surface area contributed by atoms with Crippen LogP contribution in [0.4, 0.5) is 0 Å². The van der Waals surface area contributed by atoms with Crippen molar-refractivity contribution < 1.29 is 43.5 Å². The number of aliphatic hydroxyl groups excluding tert-OH is 1. The molecule has 2 N–H and O–H groups in total. The number of fused-ring (bicyclic) bond motifs is 9. The fourth-order valence-electron chi connectivity index (χ4n) is 9.45. The van der Waals surface area contributed by atoms with Gasteiger partial charge in [0.1, 0.15) is 18.1 Å². The van der Waals surface area contributed by atoms with Crippen LogP contribution in [-0.4, -0.2) is 64.9 Å². The number of aliphatic hydroxyl groups is 1. The highest BCUT2D eigenvalue weighted by Crippen LogP contribution is 2.69. The van der Waals surface area contributed by atoms with Gasteiger partial charge in [-0.15, -0.1) is 0 Å². The van der Waals surface area contributed by atoms with Crippen LogP contribution in [0.3, 0.4) is 0 Å². The first-order valence-electron chi connectivity index (χ1n) is 13.2. The predicted molar refractivity (Wildman–Crippen MR) is 123 cm³/mol. The first kappa shape index (κ1) is 24.4. The van der Waals surface area contributed by atoms with E-state index in [2.05, 4.69) is 6.92 Å². The van der Waals surface area contributed by atoms with Gasteiger partial charge in [0.25, 0.3) is 0 Å². The number of esters is 2. The molecule has 2 saturated carbocycles. The van der Waals surface area contributed by atoms with Crippen LogP contribution in [-0.2, 0) is 33.3 Å². The number of hydrogen-bond acceptors (Lipinski definition) is 8. The fourth-order valence-corrected chi connectivity index (χ4v) is 9.45. The Balaban J connectivity index is 1.53. The van der Waals surface area contributed by atoms with Gasteiger partial charge in [-0.3, -0.25) is 9.59 Å². The molecule has 3 aliphatic carbocycles. The molecule has 3 heterocycles. The van der Waals surface area contributed by atoms with E-state index in [-0.39, 0.29) is 59.1 Å². The van der Waals surface area contributed by atoms with Crippen molar-refractivity contribution >= 4 is 17.9 Å². The van der Waals surface area contributed by atoms with Gasteiger partial charge in [-0.2, -0.15) is 0 Å². The van der Waals surface area contributed by atoms with Crippen molar-refractivity contribution in [1.82, 2.24) is 0 Å². The summed E-state index contributed by atoms with van der Waals surface area (Å²) in [6.45, 7) is 7.23. The molecule has 0 radical (unpaired) electrons. The lowest BCUT2D eigenvalue weighted by Crippen LogP contribution is -2.69. The summed E-state index contributed by atoms with van der Waals surface area (Å²) in [4.78, 5) is 38.2. The average Bonchev–Trinajstić information content (AvgIpc) is 3.31. The number of carbonyl (C=O) groups is 3. The Hall–Kier alpha value is -1.97. The van der Waals surface area contributed by atoms with Crippen molar-refractivity contribution in [1.29, 1.82) is 0 Å². The third-order valence-electron chi connectivity index (χ3n) is 10.9. The topological polar surface area (TPSA) is 129 Å². The zero-order valence-corrected chi connectivity index (χ0v) is 21.4. The molecule has 9 heteroatoms. The Morgan fingerprint density at radius 2 is 1.92 bits per heavy atom. The maximum Gasteiger partial charge on any atom is 0.331 e. The van der Waals surface area contributed by atoms with Crippen molar-refractivity contribution in [3.05, 3.63) is 11.6 Å². The fraction of sp³-hybridized carbons (Fsp3) is 0.815. The van der Waals surface area contributed by atoms with Gasteiger partial charge < -0.3 is 29.2 Å². The first-order chi connectivity index (χ1) is 16.9. The van der Waals surface area contributed by atoms with E-state index in [4.69, 9.17) is 18.9 Å². The molecule has 3 aliphatic heterocycles. The summed E-state index contributed by atoms with van der Waals surface area (Å²) < 4.78 is 24.6. The third-order valence-corrected chi connectivity index (χ3v) is 10.9. The summed E-state index contributed by atoms with van der Waals surface area (Å²) in [6, 6.07) is 0. The monoisotopic (exact) mass is 504 g/mol. The van der Waals surface area contributed by atoms with Crippen LogP contribution in [0.2, 0.25) is 0 Å². The minimum atomic E-state index is -1.17. The third kappa shape index (κ3) is 2.91. The largest absolute Gasteiger partial charge is 0.478 e. The van der Waals surface area contributed by atoms with E-state index < -0.39 is 47.4 Å². The molecule has 6 aliphatic rings. The Labute approximate surface area is 210 Å². The molecule has 0 aromatic rings. The lowest BCUT2D eigenvalue weighted by atomic mass is 9.59. The van der Waals surface area contributed by atoms with Crippen LogP contribution in [0.5, 0.6) is 0 Å². The normalized spacial score (nSPS) is 54.5. The van der Waals surface area contributed by atoms with E-state index >= 15 is 0 Å². The van der Waals surface area contributed by atoms with Crippen molar-refractivity contribution in [3.8, 4) is 0 Å². The highest BCUT2D eigenvalue weighted by Gasteiger charge is 2.75. The predicted octanol–water partition coefficient (Wildman–Crippen LogP) is 2.16. The molecule has 6 rings (SSSR count). The van der Waals surface area contributed by atoms with Gasteiger partial charge in [0.2, 0.25) is 0 Å². The van der Waals surface area contributed by atoms with E-state index in [1.165, 1.54) is 6.92 Å². The Kier molecular flexibility index (Phi) is 5.26. The summed E-state index contributed by atoms with van der Waals surface area (Å²) in [5, 5.41) is 21.8. The highest BCUT2D eigenvalue weighted by atomic mass is 16.7. The van der Waals surface area contributed by atoms with E-state index in [9.17, 15) is 24.6 Å². The molecular formula is C27H36O9. The number of rotatable bonds is 3. The second-order valence-corrected chi connectivity index (χ2v) is 12.2. The number of ether oxygens (including phenoxy) is 4. The van der Waals surface area contributed by atoms with Crippen molar-refractivity contribution in [2.45, 2.75) is 76.7 Å². The number of aliphatic carboxylic acids is 1. The average molecular weight is 505 g/mol. The zero-order chi connectivity index (χ0) is 25.9. The van der Waals surface area contributed by atoms with Gasteiger partial charge in [0.15, 0.2) is 5.79 Å². The summed E-state index contributed by atoms with van der Waals surface area (Å²) >= 11 is 0. The Morgan fingerprint density at radius 3 is 2.56 bits per heavy atom. The molecule has 0 amide bonds. The molecular weight excluding hydrogens is 468 g/mol. The zero-order valence-electron chi connectivity index (χ0n) is 21.4. The molecule has 0 spiro atoms. The number of carboxylic acids is 1. The molecule has 0 aromatic heterocycles. The van der Waals surface area contributed by atoms with Crippen molar-refractivity contribution in [3.63, 3.8) is 0 Å². The summed E-state index contributed by atoms with van der Waals surface area (Å²) in [5.41, 5.74) is -0.346. The van der Waals surface area contributed by atoms with Gasteiger partial charge in [-0.25, -0.2) is 4.79 Å². The van der Waals surface area contributed by atoms with Crippen LogP contribution in [0.1, 0.15) is 47.0 Å². The lowest BCUT2D eigenvalue weighted by Gasteiger charge is -2.59. The number of carbonyl (C=O) groups excluding carboxylic acids is 2. The van der Waals surface area contributed by atoms with Crippen molar-refractivity contribution in [2.75, 3.05) is 7.11 Å². The van der Waals surface area contributed by atoms with E-state index in [0.29, 0.717) is 19.3 Å². The summed E-state index contributed by atoms with van der Waals surface area (Å²) in [5.74, 6) is -6.18. The lowest BCUT2D eigenvalue weighted by molar-refractivity contribution is -0.378. The van der Waals surface area contributed by atoms with Gasteiger partial charge in [-0.05, 0) is 55.8 Å². The SMILES string of the molecule is CO[C@@]12O[C@@]3(C)CC[C@@H](OC(=O)[C@@H]1[C@@H]1[C@H]4[C@@H]5[C@@H](O)[C@@H](C)[C@@H](OC(C)=O)[C@H]5C=C(C(=O)O)[C@H]4C[C@H]13)[C@H]2C. The van der Waals surface area contributed by atoms with Gasteiger partial charge in [0, 0.05) is 37.4 Å².